The van der Waals surface area contributed by atoms with Crippen LogP contribution in [0.5, 0.6) is 0 Å². The SMILES string of the molecule is C=CCn1cc(C)c2ccc(Cl)nc21. The Morgan fingerprint density at radius 3 is 3.07 bits per heavy atom. The molecule has 2 rings (SSSR count). The van der Waals surface area contributed by atoms with Gasteiger partial charge in [0.15, 0.2) is 0 Å². The van der Waals surface area contributed by atoms with Crippen LogP contribution in [0.4, 0.5) is 0 Å². The lowest BCUT2D eigenvalue weighted by Gasteiger charge is -1.99. The maximum absolute atomic E-state index is 5.85. The van der Waals surface area contributed by atoms with Crippen molar-refractivity contribution in [2.45, 2.75) is 13.5 Å². The van der Waals surface area contributed by atoms with Crippen molar-refractivity contribution in [2.75, 3.05) is 0 Å². The molecule has 2 heterocycles. The summed E-state index contributed by atoms with van der Waals surface area (Å²) in [6.07, 6.45) is 3.91. The van der Waals surface area contributed by atoms with Crippen molar-refractivity contribution >= 4 is 22.6 Å². The molecule has 0 fully saturated rings. The zero-order valence-corrected chi connectivity index (χ0v) is 8.75. The van der Waals surface area contributed by atoms with E-state index in [0.29, 0.717) is 5.15 Å². The third-order valence-electron chi connectivity index (χ3n) is 2.21. The molecule has 0 amide bonds. The van der Waals surface area contributed by atoms with Gasteiger partial charge in [0.05, 0.1) is 0 Å². The Balaban J connectivity index is 2.72. The van der Waals surface area contributed by atoms with Crippen LogP contribution in [0.25, 0.3) is 11.0 Å². The molecule has 0 bridgehead atoms. The summed E-state index contributed by atoms with van der Waals surface area (Å²) in [7, 11) is 0. The molecule has 14 heavy (non-hydrogen) atoms. The zero-order chi connectivity index (χ0) is 10.1. The van der Waals surface area contributed by atoms with Crippen LogP contribution in [0.15, 0.2) is 31.0 Å². The Morgan fingerprint density at radius 2 is 2.36 bits per heavy atom. The topological polar surface area (TPSA) is 17.8 Å². The molecule has 0 radical (unpaired) electrons. The molecule has 0 aliphatic heterocycles. The van der Waals surface area contributed by atoms with E-state index in [1.807, 2.05) is 22.8 Å². The smallest absolute Gasteiger partial charge is 0.142 e. The van der Waals surface area contributed by atoms with E-state index in [-0.39, 0.29) is 0 Å². The Hall–Kier alpha value is -1.28. The van der Waals surface area contributed by atoms with Gasteiger partial charge in [0.25, 0.3) is 0 Å². The number of aryl methyl sites for hydroxylation is 1. The van der Waals surface area contributed by atoms with Crippen molar-refractivity contribution in [1.29, 1.82) is 0 Å². The molecule has 0 spiro atoms. The van der Waals surface area contributed by atoms with Crippen LogP contribution >= 0.6 is 11.6 Å². The second-order valence-corrected chi connectivity index (χ2v) is 3.65. The number of pyridine rings is 1. The second-order valence-electron chi connectivity index (χ2n) is 3.26. The highest BCUT2D eigenvalue weighted by Gasteiger charge is 2.05. The summed E-state index contributed by atoms with van der Waals surface area (Å²) < 4.78 is 2.05. The zero-order valence-electron chi connectivity index (χ0n) is 8.00. The first-order chi connectivity index (χ1) is 6.72. The number of aromatic nitrogens is 2. The molecular formula is C11H11ClN2. The van der Waals surface area contributed by atoms with Crippen LogP contribution < -0.4 is 0 Å². The fourth-order valence-corrected chi connectivity index (χ4v) is 1.74. The molecule has 0 unspecified atom stereocenters. The Bertz CT molecular complexity index is 485. The molecule has 72 valence electrons. The van der Waals surface area contributed by atoms with Gasteiger partial charge in [-0.15, -0.1) is 6.58 Å². The predicted octanol–water partition coefficient (Wildman–Crippen LogP) is 3.18. The lowest BCUT2D eigenvalue weighted by Crippen LogP contribution is -1.93. The molecule has 0 saturated heterocycles. The Kier molecular flexibility index (Phi) is 2.30. The standard InChI is InChI=1S/C11H11ClN2/c1-3-6-14-7-8(2)9-4-5-10(12)13-11(9)14/h3-5,7H,1,6H2,2H3. The van der Waals surface area contributed by atoms with Crippen LogP contribution in [-0.4, -0.2) is 9.55 Å². The minimum Gasteiger partial charge on any atom is -0.328 e. The molecule has 0 saturated carbocycles. The van der Waals surface area contributed by atoms with Gasteiger partial charge in [0.2, 0.25) is 0 Å². The number of rotatable bonds is 2. The summed E-state index contributed by atoms with van der Waals surface area (Å²) in [5, 5.41) is 1.68. The largest absolute Gasteiger partial charge is 0.328 e. The summed E-state index contributed by atoms with van der Waals surface area (Å²) in [4.78, 5) is 4.30. The average molecular weight is 207 g/mol. The van der Waals surface area contributed by atoms with Gasteiger partial charge < -0.3 is 4.57 Å². The number of nitrogens with zero attached hydrogens (tertiary/aromatic N) is 2. The highest BCUT2D eigenvalue weighted by molar-refractivity contribution is 6.29. The fraction of sp³-hybridized carbons (Fsp3) is 0.182. The normalized spacial score (nSPS) is 10.7. The van der Waals surface area contributed by atoms with Crippen LogP contribution in [0.2, 0.25) is 5.15 Å². The summed E-state index contributed by atoms with van der Waals surface area (Å²) in [5.41, 5.74) is 2.14. The number of fused-ring (bicyclic) bond motifs is 1. The Labute approximate surface area is 87.8 Å². The number of allylic oxidation sites excluding steroid dienone is 1. The molecule has 0 aliphatic rings. The molecule has 0 N–H and O–H groups in total. The van der Waals surface area contributed by atoms with Crippen LogP contribution in [0.1, 0.15) is 5.56 Å². The van der Waals surface area contributed by atoms with Gasteiger partial charge >= 0.3 is 0 Å². The number of halogens is 1. The lowest BCUT2D eigenvalue weighted by atomic mass is 10.2. The van der Waals surface area contributed by atoms with Crippen LogP contribution in [0, 0.1) is 6.92 Å². The van der Waals surface area contributed by atoms with Gasteiger partial charge in [-0.25, -0.2) is 4.98 Å². The van der Waals surface area contributed by atoms with Gasteiger partial charge in [-0.05, 0) is 24.6 Å². The monoisotopic (exact) mass is 206 g/mol. The Morgan fingerprint density at radius 1 is 1.57 bits per heavy atom. The van der Waals surface area contributed by atoms with Gasteiger partial charge in [0, 0.05) is 18.1 Å². The molecular weight excluding hydrogens is 196 g/mol. The van der Waals surface area contributed by atoms with E-state index < -0.39 is 0 Å². The second kappa shape index (κ2) is 3.46. The minimum absolute atomic E-state index is 0.529. The van der Waals surface area contributed by atoms with Crippen LogP contribution in [-0.2, 0) is 6.54 Å². The summed E-state index contributed by atoms with van der Waals surface area (Å²) >= 11 is 5.85. The summed E-state index contributed by atoms with van der Waals surface area (Å²) in [6.45, 7) is 6.54. The molecule has 0 atom stereocenters. The van der Waals surface area contributed by atoms with E-state index in [1.54, 1.807) is 0 Å². The van der Waals surface area contributed by atoms with E-state index in [9.17, 15) is 0 Å². The van der Waals surface area contributed by atoms with Crippen LogP contribution in [0.3, 0.4) is 0 Å². The highest BCUT2D eigenvalue weighted by atomic mass is 35.5. The highest BCUT2D eigenvalue weighted by Crippen LogP contribution is 2.20. The van der Waals surface area contributed by atoms with E-state index in [1.165, 1.54) is 5.56 Å². The third-order valence-corrected chi connectivity index (χ3v) is 2.42. The van der Waals surface area contributed by atoms with E-state index in [0.717, 1.165) is 17.6 Å². The molecule has 2 aromatic rings. The molecule has 2 nitrogen and oxygen atoms in total. The maximum Gasteiger partial charge on any atom is 0.142 e. The first-order valence-electron chi connectivity index (χ1n) is 4.45. The van der Waals surface area contributed by atoms with Crippen molar-refractivity contribution in [3.05, 3.63) is 41.7 Å². The molecule has 3 heteroatoms. The minimum atomic E-state index is 0.529. The van der Waals surface area contributed by atoms with Crippen molar-refractivity contribution in [1.82, 2.24) is 9.55 Å². The molecule has 2 aromatic heterocycles. The summed E-state index contributed by atoms with van der Waals surface area (Å²) in [6, 6.07) is 3.81. The maximum atomic E-state index is 5.85. The molecule has 0 aromatic carbocycles. The van der Waals surface area contributed by atoms with E-state index >= 15 is 0 Å². The lowest BCUT2D eigenvalue weighted by molar-refractivity contribution is 0.849. The number of hydrogen-bond donors (Lipinski definition) is 0. The number of hydrogen-bond acceptors (Lipinski definition) is 1. The van der Waals surface area contributed by atoms with E-state index in [2.05, 4.69) is 24.7 Å². The van der Waals surface area contributed by atoms with Crippen molar-refractivity contribution in [3.63, 3.8) is 0 Å². The first kappa shape index (κ1) is 9.28. The van der Waals surface area contributed by atoms with Crippen molar-refractivity contribution < 1.29 is 0 Å². The fourth-order valence-electron chi connectivity index (χ4n) is 1.59. The van der Waals surface area contributed by atoms with E-state index in [4.69, 9.17) is 11.6 Å². The van der Waals surface area contributed by atoms with Crippen molar-refractivity contribution in [2.24, 2.45) is 0 Å². The molecule has 0 aliphatic carbocycles. The van der Waals surface area contributed by atoms with Gasteiger partial charge in [-0.1, -0.05) is 17.7 Å². The first-order valence-corrected chi connectivity index (χ1v) is 4.83. The van der Waals surface area contributed by atoms with Gasteiger partial charge in [-0.3, -0.25) is 0 Å². The average Bonchev–Trinajstić information content (AvgIpc) is 2.44. The van der Waals surface area contributed by atoms with Crippen molar-refractivity contribution in [3.8, 4) is 0 Å². The third kappa shape index (κ3) is 1.42. The summed E-state index contributed by atoms with van der Waals surface area (Å²) in [5.74, 6) is 0. The quantitative estimate of drug-likeness (QED) is 0.545. The van der Waals surface area contributed by atoms with Gasteiger partial charge in [-0.2, -0.15) is 0 Å². The predicted molar refractivity (Wildman–Crippen MR) is 59.7 cm³/mol. The van der Waals surface area contributed by atoms with Gasteiger partial charge in [0.1, 0.15) is 10.8 Å².